The van der Waals surface area contributed by atoms with Crippen molar-refractivity contribution in [2.45, 2.75) is 4.90 Å². The number of rotatable bonds is 5. The lowest BCUT2D eigenvalue weighted by Crippen LogP contribution is -2.18. The number of hydrogen-bond acceptors (Lipinski definition) is 3. The van der Waals surface area contributed by atoms with Gasteiger partial charge < -0.3 is 0 Å². The maximum atomic E-state index is 11.9. The van der Waals surface area contributed by atoms with Crippen LogP contribution in [0.4, 0.5) is 0 Å². The van der Waals surface area contributed by atoms with Gasteiger partial charge in [0.05, 0.1) is 4.90 Å². The van der Waals surface area contributed by atoms with Crippen molar-refractivity contribution in [3.05, 3.63) is 77.5 Å². The van der Waals surface area contributed by atoms with Crippen molar-refractivity contribution < 1.29 is 13.2 Å². The Morgan fingerprint density at radius 2 is 1.62 bits per heavy atom. The summed E-state index contributed by atoms with van der Waals surface area (Å²) < 4.78 is 26.0. The number of allylic oxidation sites excluding steroid dienone is 1. The highest BCUT2D eigenvalue weighted by atomic mass is 35.5. The SMILES string of the molecule is O=C(/C=C/NS(=O)(=O)c1ccccc1)c1ccc(Cl)cc1. The number of carbonyl (C=O) groups excluding carboxylic acids is 1. The molecule has 2 aromatic carbocycles. The molecule has 0 aliphatic carbocycles. The summed E-state index contributed by atoms with van der Waals surface area (Å²) >= 11 is 5.73. The second kappa shape index (κ2) is 6.56. The molecule has 0 saturated heterocycles. The predicted molar refractivity (Wildman–Crippen MR) is 81.7 cm³/mol. The van der Waals surface area contributed by atoms with Gasteiger partial charge in [-0.15, -0.1) is 0 Å². The topological polar surface area (TPSA) is 63.2 Å². The number of nitrogens with one attached hydrogen (secondary N) is 1. The lowest BCUT2D eigenvalue weighted by Gasteiger charge is -2.03. The Kier molecular flexibility index (Phi) is 4.77. The van der Waals surface area contributed by atoms with Gasteiger partial charge in [-0.3, -0.25) is 9.52 Å². The molecule has 4 nitrogen and oxygen atoms in total. The highest BCUT2D eigenvalue weighted by Gasteiger charge is 2.10. The third-order valence-electron chi connectivity index (χ3n) is 2.64. The summed E-state index contributed by atoms with van der Waals surface area (Å²) in [7, 11) is -3.65. The van der Waals surface area contributed by atoms with Crippen LogP contribution in [0.1, 0.15) is 10.4 Å². The van der Waals surface area contributed by atoms with E-state index in [2.05, 4.69) is 4.72 Å². The molecule has 0 radical (unpaired) electrons. The maximum Gasteiger partial charge on any atom is 0.261 e. The second-order valence-electron chi connectivity index (χ2n) is 4.14. The van der Waals surface area contributed by atoms with E-state index in [1.54, 1.807) is 42.5 Å². The van der Waals surface area contributed by atoms with Gasteiger partial charge in [-0.2, -0.15) is 0 Å². The van der Waals surface area contributed by atoms with Crippen LogP contribution < -0.4 is 4.72 Å². The van der Waals surface area contributed by atoms with E-state index in [-0.39, 0.29) is 10.7 Å². The Balaban J connectivity index is 2.05. The number of ketones is 1. The van der Waals surface area contributed by atoms with E-state index in [9.17, 15) is 13.2 Å². The van der Waals surface area contributed by atoms with Crippen LogP contribution in [-0.2, 0) is 10.0 Å². The highest BCUT2D eigenvalue weighted by Crippen LogP contribution is 2.10. The van der Waals surface area contributed by atoms with Gasteiger partial charge in [-0.05, 0) is 36.4 Å². The molecule has 0 bridgehead atoms. The standard InChI is InChI=1S/C15H12ClNO3S/c16-13-8-6-12(7-9-13)15(18)10-11-17-21(19,20)14-4-2-1-3-5-14/h1-11,17H/b11-10+. The zero-order valence-electron chi connectivity index (χ0n) is 10.9. The zero-order valence-corrected chi connectivity index (χ0v) is 12.4. The third-order valence-corrected chi connectivity index (χ3v) is 4.23. The Morgan fingerprint density at radius 1 is 1.00 bits per heavy atom. The summed E-state index contributed by atoms with van der Waals surface area (Å²) in [4.78, 5) is 11.9. The van der Waals surface area contributed by atoms with Crippen molar-refractivity contribution in [1.82, 2.24) is 4.72 Å². The molecule has 0 fully saturated rings. The van der Waals surface area contributed by atoms with E-state index in [0.717, 1.165) is 12.3 Å². The van der Waals surface area contributed by atoms with Crippen molar-refractivity contribution in [3.63, 3.8) is 0 Å². The van der Waals surface area contributed by atoms with Crippen LogP contribution >= 0.6 is 11.6 Å². The lowest BCUT2D eigenvalue weighted by atomic mass is 10.1. The molecule has 6 heteroatoms. The van der Waals surface area contributed by atoms with Crippen molar-refractivity contribution in [2.75, 3.05) is 0 Å². The van der Waals surface area contributed by atoms with Crippen LogP contribution in [0.25, 0.3) is 0 Å². The van der Waals surface area contributed by atoms with Gasteiger partial charge in [0, 0.05) is 22.9 Å². The average molecular weight is 322 g/mol. The molecule has 0 aromatic heterocycles. The van der Waals surface area contributed by atoms with Crippen LogP contribution in [0.5, 0.6) is 0 Å². The minimum Gasteiger partial charge on any atom is -0.289 e. The lowest BCUT2D eigenvalue weighted by molar-refractivity contribution is 0.104. The molecule has 1 N–H and O–H groups in total. The van der Waals surface area contributed by atoms with Crippen molar-refractivity contribution in [3.8, 4) is 0 Å². The normalized spacial score (nSPS) is 11.5. The summed E-state index contributed by atoms with van der Waals surface area (Å²) in [6.45, 7) is 0. The van der Waals surface area contributed by atoms with Gasteiger partial charge in [0.2, 0.25) is 0 Å². The van der Waals surface area contributed by atoms with Gasteiger partial charge >= 0.3 is 0 Å². The first-order valence-electron chi connectivity index (χ1n) is 6.03. The molecular weight excluding hydrogens is 310 g/mol. The van der Waals surface area contributed by atoms with Crippen LogP contribution in [0, 0.1) is 0 Å². The number of hydrogen-bond donors (Lipinski definition) is 1. The minimum absolute atomic E-state index is 0.133. The molecule has 0 unspecified atom stereocenters. The fourth-order valence-corrected chi connectivity index (χ4v) is 2.60. The summed E-state index contributed by atoms with van der Waals surface area (Å²) in [5.74, 6) is -0.317. The molecule has 0 aliphatic rings. The quantitative estimate of drug-likeness (QED) is 0.680. The first-order valence-corrected chi connectivity index (χ1v) is 7.89. The van der Waals surface area contributed by atoms with Crippen molar-refractivity contribution in [1.29, 1.82) is 0 Å². The molecule has 108 valence electrons. The molecule has 0 spiro atoms. The van der Waals surface area contributed by atoms with E-state index >= 15 is 0 Å². The fourth-order valence-electron chi connectivity index (χ4n) is 1.58. The summed E-state index contributed by atoms with van der Waals surface area (Å²) in [6, 6.07) is 14.2. The van der Waals surface area contributed by atoms with Gasteiger partial charge in [0.1, 0.15) is 0 Å². The minimum atomic E-state index is -3.65. The van der Waals surface area contributed by atoms with Crippen LogP contribution in [0.15, 0.2) is 71.8 Å². The Hall–Kier alpha value is -2.11. The van der Waals surface area contributed by atoms with E-state index in [1.165, 1.54) is 12.1 Å². The van der Waals surface area contributed by atoms with Crippen LogP contribution in [0.2, 0.25) is 5.02 Å². The molecule has 0 aliphatic heterocycles. The first-order chi connectivity index (χ1) is 9.99. The number of benzene rings is 2. The van der Waals surface area contributed by atoms with E-state index in [1.807, 2.05) is 0 Å². The third kappa shape index (κ3) is 4.18. The average Bonchev–Trinajstić information content (AvgIpc) is 2.48. The fraction of sp³-hybridized carbons (Fsp3) is 0. The largest absolute Gasteiger partial charge is 0.289 e. The maximum absolute atomic E-state index is 11.9. The number of carbonyl (C=O) groups is 1. The summed E-state index contributed by atoms with van der Waals surface area (Å²) in [5.41, 5.74) is 0.426. The molecular formula is C15H12ClNO3S. The highest BCUT2D eigenvalue weighted by molar-refractivity contribution is 7.89. The van der Waals surface area contributed by atoms with Crippen LogP contribution in [-0.4, -0.2) is 14.2 Å². The molecule has 21 heavy (non-hydrogen) atoms. The van der Waals surface area contributed by atoms with Gasteiger partial charge in [-0.25, -0.2) is 8.42 Å². The Labute approximate surface area is 128 Å². The Bertz CT molecular complexity index is 753. The number of sulfonamides is 1. The molecule has 0 saturated carbocycles. The smallest absolute Gasteiger partial charge is 0.261 e. The van der Waals surface area contributed by atoms with Gasteiger partial charge in [-0.1, -0.05) is 29.8 Å². The van der Waals surface area contributed by atoms with Gasteiger partial charge in [0.25, 0.3) is 10.0 Å². The van der Waals surface area contributed by atoms with E-state index in [0.29, 0.717) is 10.6 Å². The van der Waals surface area contributed by atoms with E-state index in [4.69, 9.17) is 11.6 Å². The number of halogens is 1. The summed E-state index contributed by atoms with van der Waals surface area (Å²) in [5, 5.41) is 0.528. The second-order valence-corrected chi connectivity index (χ2v) is 6.29. The summed E-state index contributed by atoms with van der Waals surface area (Å²) in [6.07, 6.45) is 2.27. The molecule has 2 aromatic rings. The molecule has 0 amide bonds. The zero-order chi connectivity index (χ0) is 15.3. The van der Waals surface area contributed by atoms with Crippen molar-refractivity contribution in [2.24, 2.45) is 0 Å². The molecule has 0 atom stereocenters. The predicted octanol–water partition coefficient (Wildman–Crippen LogP) is 3.01. The first kappa shape index (κ1) is 15.3. The Morgan fingerprint density at radius 3 is 2.24 bits per heavy atom. The van der Waals surface area contributed by atoms with Crippen LogP contribution in [0.3, 0.4) is 0 Å². The van der Waals surface area contributed by atoms with E-state index < -0.39 is 10.0 Å². The monoisotopic (exact) mass is 321 g/mol. The molecule has 0 heterocycles. The van der Waals surface area contributed by atoms with Gasteiger partial charge in [0.15, 0.2) is 5.78 Å². The molecule has 2 rings (SSSR count). The van der Waals surface area contributed by atoms with Crippen molar-refractivity contribution >= 4 is 27.4 Å².